The molecule has 88 valence electrons. The number of pyridine rings is 1. The van der Waals surface area contributed by atoms with Crippen LogP contribution in [0.25, 0.3) is 0 Å². The summed E-state index contributed by atoms with van der Waals surface area (Å²) in [5, 5.41) is 2.85. The molecule has 0 saturated carbocycles. The van der Waals surface area contributed by atoms with Gasteiger partial charge in [0.15, 0.2) is 0 Å². The summed E-state index contributed by atoms with van der Waals surface area (Å²) in [7, 11) is 1.55. The van der Waals surface area contributed by atoms with E-state index in [1.54, 1.807) is 19.2 Å². The van der Waals surface area contributed by atoms with Crippen LogP contribution in [0, 0.1) is 0 Å². The second-order valence-corrected chi connectivity index (χ2v) is 3.55. The summed E-state index contributed by atoms with van der Waals surface area (Å²) in [6, 6.07) is 3.39. The van der Waals surface area contributed by atoms with Crippen molar-refractivity contribution >= 4 is 5.91 Å². The summed E-state index contributed by atoms with van der Waals surface area (Å²) >= 11 is 0. The van der Waals surface area contributed by atoms with E-state index in [2.05, 4.69) is 17.2 Å². The molecule has 1 amide bonds. The third kappa shape index (κ3) is 3.88. The van der Waals surface area contributed by atoms with Crippen LogP contribution in [-0.2, 0) is 0 Å². The summed E-state index contributed by atoms with van der Waals surface area (Å²) in [6.07, 6.45) is 4.83. The van der Waals surface area contributed by atoms with E-state index in [-0.39, 0.29) is 5.91 Å². The Morgan fingerprint density at radius 3 is 2.81 bits per heavy atom. The molecule has 1 rings (SSSR count). The van der Waals surface area contributed by atoms with Crippen LogP contribution in [0.5, 0.6) is 5.88 Å². The van der Waals surface area contributed by atoms with E-state index in [1.807, 2.05) is 0 Å². The zero-order valence-corrected chi connectivity index (χ0v) is 9.82. The standard InChI is InChI=1S/C12H18N2O2/c1-3-4-5-8-13-12(15)10-6-7-11(16-2)14-9-10/h6-7,9H,3-5,8H2,1-2H3,(H,13,15). The molecule has 0 fully saturated rings. The number of ether oxygens (including phenoxy) is 1. The van der Waals surface area contributed by atoms with Crippen molar-refractivity contribution in [1.29, 1.82) is 0 Å². The molecule has 4 nitrogen and oxygen atoms in total. The molecule has 0 saturated heterocycles. The summed E-state index contributed by atoms with van der Waals surface area (Å²) < 4.78 is 4.92. The molecule has 0 unspecified atom stereocenters. The second kappa shape index (κ2) is 6.82. The van der Waals surface area contributed by atoms with Crippen LogP contribution in [0.1, 0.15) is 36.5 Å². The largest absolute Gasteiger partial charge is 0.481 e. The molecule has 1 aromatic heterocycles. The lowest BCUT2D eigenvalue weighted by Crippen LogP contribution is -2.24. The Balaban J connectivity index is 2.40. The van der Waals surface area contributed by atoms with Crippen molar-refractivity contribution < 1.29 is 9.53 Å². The van der Waals surface area contributed by atoms with Crippen molar-refractivity contribution in [2.24, 2.45) is 0 Å². The van der Waals surface area contributed by atoms with Crippen LogP contribution in [0.3, 0.4) is 0 Å². The molecular formula is C12H18N2O2. The van der Waals surface area contributed by atoms with Gasteiger partial charge in [0.1, 0.15) is 0 Å². The number of rotatable bonds is 6. The number of methoxy groups -OCH3 is 1. The first kappa shape index (κ1) is 12.5. The molecule has 0 aliphatic heterocycles. The van der Waals surface area contributed by atoms with Crippen LogP contribution in [0.4, 0.5) is 0 Å². The second-order valence-electron chi connectivity index (χ2n) is 3.55. The van der Waals surface area contributed by atoms with E-state index >= 15 is 0 Å². The van der Waals surface area contributed by atoms with Crippen molar-refractivity contribution in [3.8, 4) is 5.88 Å². The van der Waals surface area contributed by atoms with E-state index in [0.717, 1.165) is 25.8 Å². The molecular weight excluding hydrogens is 204 g/mol. The Kier molecular flexibility index (Phi) is 5.32. The number of carbonyl (C=O) groups excluding carboxylic acids is 1. The molecule has 0 atom stereocenters. The van der Waals surface area contributed by atoms with Gasteiger partial charge < -0.3 is 10.1 Å². The first-order valence-corrected chi connectivity index (χ1v) is 5.56. The molecule has 0 aliphatic carbocycles. The number of nitrogens with zero attached hydrogens (tertiary/aromatic N) is 1. The predicted molar refractivity (Wildman–Crippen MR) is 62.6 cm³/mol. The van der Waals surface area contributed by atoms with Crippen molar-refractivity contribution in [2.45, 2.75) is 26.2 Å². The van der Waals surface area contributed by atoms with E-state index in [9.17, 15) is 4.79 Å². The highest BCUT2D eigenvalue weighted by Crippen LogP contribution is 2.06. The SMILES string of the molecule is CCCCCNC(=O)c1ccc(OC)nc1. The fourth-order valence-corrected chi connectivity index (χ4v) is 1.31. The quantitative estimate of drug-likeness (QED) is 0.749. The predicted octanol–water partition coefficient (Wildman–Crippen LogP) is 2.01. The average Bonchev–Trinajstić information content (AvgIpc) is 2.34. The van der Waals surface area contributed by atoms with Gasteiger partial charge in [-0.05, 0) is 12.5 Å². The van der Waals surface area contributed by atoms with Gasteiger partial charge in [-0.1, -0.05) is 19.8 Å². The summed E-state index contributed by atoms with van der Waals surface area (Å²) in [5.41, 5.74) is 0.567. The van der Waals surface area contributed by atoms with Gasteiger partial charge in [-0.3, -0.25) is 4.79 Å². The highest BCUT2D eigenvalue weighted by molar-refractivity contribution is 5.93. The van der Waals surface area contributed by atoms with Crippen LogP contribution in [-0.4, -0.2) is 24.5 Å². The summed E-state index contributed by atoms with van der Waals surface area (Å²) in [4.78, 5) is 15.6. The van der Waals surface area contributed by atoms with Crippen molar-refractivity contribution in [3.05, 3.63) is 23.9 Å². The highest BCUT2D eigenvalue weighted by atomic mass is 16.5. The Morgan fingerprint density at radius 2 is 2.25 bits per heavy atom. The lowest BCUT2D eigenvalue weighted by atomic mass is 10.2. The zero-order chi connectivity index (χ0) is 11.8. The van der Waals surface area contributed by atoms with Crippen LogP contribution in [0.15, 0.2) is 18.3 Å². The van der Waals surface area contributed by atoms with Gasteiger partial charge in [-0.2, -0.15) is 0 Å². The van der Waals surface area contributed by atoms with Gasteiger partial charge >= 0.3 is 0 Å². The first-order valence-electron chi connectivity index (χ1n) is 5.56. The van der Waals surface area contributed by atoms with Gasteiger partial charge in [0.2, 0.25) is 5.88 Å². The van der Waals surface area contributed by atoms with Gasteiger partial charge in [0.25, 0.3) is 5.91 Å². The molecule has 1 N–H and O–H groups in total. The Hall–Kier alpha value is -1.58. The first-order chi connectivity index (χ1) is 7.77. The maximum atomic E-state index is 11.6. The average molecular weight is 222 g/mol. The number of nitrogens with one attached hydrogen (secondary N) is 1. The molecule has 0 spiro atoms. The highest BCUT2D eigenvalue weighted by Gasteiger charge is 2.04. The van der Waals surface area contributed by atoms with Crippen molar-refractivity contribution in [1.82, 2.24) is 10.3 Å². The molecule has 0 aliphatic rings. The Morgan fingerprint density at radius 1 is 1.44 bits per heavy atom. The molecule has 4 heteroatoms. The van der Waals surface area contributed by atoms with Gasteiger partial charge in [0.05, 0.1) is 12.7 Å². The Bertz CT molecular complexity index is 322. The normalized spacial score (nSPS) is 9.88. The zero-order valence-electron chi connectivity index (χ0n) is 9.82. The maximum Gasteiger partial charge on any atom is 0.252 e. The van der Waals surface area contributed by atoms with Crippen LogP contribution in [0.2, 0.25) is 0 Å². The summed E-state index contributed by atoms with van der Waals surface area (Å²) in [5.74, 6) is 0.439. The number of aromatic nitrogens is 1. The third-order valence-electron chi connectivity index (χ3n) is 2.27. The lowest BCUT2D eigenvalue weighted by Gasteiger charge is -2.04. The monoisotopic (exact) mass is 222 g/mol. The van der Waals surface area contributed by atoms with Crippen LogP contribution < -0.4 is 10.1 Å². The van der Waals surface area contributed by atoms with Gasteiger partial charge in [-0.15, -0.1) is 0 Å². The van der Waals surface area contributed by atoms with Gasteiger partial charge in [-0.25, -0.2) is 4.98 Å². The van der Waals surface area contributed by atoms with E-state index in [4.69, 9.17) is 4.74 Å². The molecule has 16 heavy (non-hydrogen) atoms. The van der Waals surface area contributed by atoms with Crippen LogP contribution >= 0.6 is 0 Å². The minimum absolute atomic E-state index is 0.0775. The Labute approximate surface area is 96.0 Å². The number of hydrogen-bond donors (Lipinski definition) is 1. The topological polar surface area (TPSA) is 51.2 Å². The minimum Gasteiger partial charge on any atom is -0.481 e. The fourth-order valence-electron chi connectivity index (χ4n) is 1.31. The smallest absolute Gasteiger partial charge is 0.252 e. The summed E-state index contributed by atoms with van der Waals surface area (Å²) in [6.45, 7) is 2.86. The number of hydrogen-bond acceptors (Lipinski definition) is 3. The maximum absolute atomic E-state index is 11.6. The number of carbonyl (C=O) groups is 1. The van der Waals surface area contributed by atoms with E-state index in [1.165, 1.54) is 6.20 Å². The van der Waals surface area contributed by atoms with Crippen molar-refractivity contribution in [3.63, 3.8) is 0 Å². The fraction of sp³-hybridized carbons (Fsp3) is 0.500. The van der Waals surface area contributed by atoms with E-state index < -0.39 is 0 Å². The number of amides is 1. The van der Waals surface area contributed by atoms with Gasteiger partial charge in [0, 0.05) is 18.8 Å². The molecule has 1 heterocycles. The third-order valence-corrected chi connectivity index (χ3v) is 2.27. The van der Waals surface area contributed by atoms with Crippen molar-refractivity contribution in [2.75, 3.05) is 13.7 Å². The number of unbranched alkanes of at least 4 members (excludes halogenated alkanes) is 2. The molecule has 0 aromatic carbocycles. The molecule has 1 aromatic rings. The van der Waals surface area contributed by atoms with E-state index in [0.29, 0.717) is 11.4 Å². The molecule has 0 bridgehead atoms. The minimum atomic E-state index is -0.0775. The molecule has 0 radical (unpaired) electrons. The lowest BCUT2D eigenvalue weighted by molar-refractivity contribution is 0.0952.